The van der Waals surface area contributed by atoms with E-state index in [1.807, 2.05) is 6.26 Å². The topological polar surface area (TPSA) is 63.1 Å². The molecule has 0 radical (unpaired) electrons. The zero-order valence-corrected chi connectivity index (χ0v) is 9.34. The number of thioether (sulfide) groups is 2. The third-order valence-corrected chi connectivity index (χ3v) is 4.14. The largest absolute Gasteiger partial charge is 0.481 e. The fourth-order valence-electron chi connectivity index (χ4n) is 0.564. The molecular formula is C6H8N2O2S3. The van der Waals surface area contributed by atoms with Gasteiger partial charge in [-0.1, -0.05) is 34.9 Å². The normalized spacial score (nSPS) is 10.2. The Morgan fingerprint density at radius 3 is 2.77 bits per heavy atom. The van der Waals surface area contributed by atoms with Crippen LogP contribution >= 0.6 is 34.9 Å². The van der Waals surface area contributed by atoms with Crippen LogP contribution in [0.15, 0.2) is 8.68 Å². The predicted molar refractivity (Wildman–Crippen MR) is 54.7 cm³/mol. The average molecular weight is 236 g/mol. The molecule has 0 aromatic carbocycles. The summed E-state index contributed by atoms with van der Waals surface area (Å²) in [7, 11) is 0. The number of aliphatic carboxylic acids is 1. The summed E-state index contributed by atoms with van der Waals surface area (Å²) < 4.78 is 1.75. The van der Waals surface area contributed by atoms with E-state index in [9.17, 15) is 4.79 Å². The molecule has 0 unspecified atom stereocenters. The maximum absolute atomic E-state index is 10.2. The third kappa shape index (κ3) is 3.97. The van der Waals surface area contributed by atoms with Gasteiger partial charge in [-0.2, -0.15) is 0 Å². The SMILES string of the molecule is CSc1nnc(SCCC(=O)O)s1. The lowest BCUT2D eigenvalue weighted by Gasteiger charge is -1.90. The highest BCUT2D eigenvalue weighted by atomic mass is 32.2. The fourth-order valence-corrected chi connectivity index (χ4v) is 3.00. The molecule has 1 aromatic heterocycles. The number of hydrogen-bond donors (Lipinski definition) is 1. The summed E-state index contributed by atoms with van der Waals surface area (Å²) in [5.74, 6) is -0.222. The van der Waals surface area contributed by atoms with Crippen molar-refractivity contribution in [1.29, 1.82) is 0 Å². The van der Waals surface area contributed by atoms with Crippen LogP contribution in [0.1, 0.15) is 6.42 Å². The van der Waals surface area contributed by atoms with Gasteiger partial charge in [0.25, 0.3) is 0 Å². The van der Waals surface area contributed by atoms with Crippen LogP contribution in [0.4, 0.5) is 0 Å². The van der Waals surface area contributed by atoms with Crippen LogP contribution in [0.3, 0.4) is 0 Å². The molecule has 7 heteroatoms. The second-order valence-corrected chi connectivity index (χ2v) is 5.40. The van der Waals surface area contributed by atoms with Gasteiger partial charge in [-0.25, -0.2) is 0 Å². The van der Waals surface area contributed by atoms with Gasteiger partial charge in [0.1, 0.15) is 0 Å². The van der Waals surface area contributed by atoms with Gasteiger partial charge >= 0.3 is 5.97 Å². The summed E-state index contributed by atoms with van der Waals surface area (Å²) in [6.07, 6.45) is 2.10. The van der Waals surface area contributed by atoms with Crippen LogP contribution in [0, 0.1) is 0 Å². The van der Waals surface area contributed by atoms with E-state index in [0.717, 1.165) is 8.68 Å². The highest BCUT2D eigenvalue weighted by molar-refractivity contribution is 8.02. The maximum atomic E-state index is 10.2. The molecule has 1 heterocycles. The third-order valence-electron chi connectivity index (χ3n) is 1.10. The van der Waals surface area contributed by atoms with Crippen LogP contribution in [0.2, 0.25) is 0 Å². The fraction of sp³-hybridized carbons (Fsp3) is 0.500. The molecule has 13 heavy (non-hydrogen) atoms. The number of nitrogens with zero attached hydrogens (tertiary/aromatic N) is 2. The molecule has 72 valence electrons. The summed E-state index contributed by atoms with van der Waals surface area (Å²) in [6.45, 7) is 0. The van der Waals surface area contributed by atoms with Gasteiger partial charge in [0, 0.05) is 5.75 Å². The predicted octanol–water partition coefficient (Wildman–Crippen LogP) is 1.83. The Morgan fingerprint density at radius 1 is 1.54 bits per heavy atom. The van der Waals surface area contributed by atoms with Gasteiger partial charge < -0.3 is 5.11 Å². The van der Waals surface area contributed by atoms with E-state index in [2.05, 4.69) is 10.2 Å². The number of hydrogen-bond acceptors (Lipinski definition) is 6. The van der Waals surface area contributed by atoms with Crippen molar-refractivity contribution in [1.82, 2.24) is 10.2 Å². The van der Waals surface area contributed by atoms with Crippen molar-refractivity contribution >= 4 is 40.8 Å². The summed E-state index contributed by atoms with van der Waals surface area (Å²) in [5, 5.41) is 16.2. The zero-order valence-electron chi connectivity index (χ0n) is 6.89. The molecular weight excluding hydrogens is 228 g/mol. The summed E-state index contributed by atoms with van der Waals surface area (Å²) in [6, 6.07) is 0. The Kier molecular flexibility index (Phi) is 4.54. The highest BCUT2D eigenvalue weighted by Crippen LogP contribution is 2.27. The maximum Gasteiger partial charge on any atom is 0.304 e. The van der Waals surface area contributed by atoms with E-state index in [1.54, 1.807) is 11.8 Å². The molecule has 0 aliphatic carbocycles. The molecule has 4 nitrogen and oxygen atoms in total. The quantitative estimate of drug-likeness (QED) is 0.787. The molecule has 1 N–H and O–H groups in total. The molecule has 0 saturated heterocycles. The first-order chi connectivity index (χ1) is 6.22. The van der Waals surface area contributed by atoms with Crippen molar-refractivity contribution in [2.24, 2.45) is 0 Å². The molecule has 1 aromatic rings. The highest BCUT2D eigenvalue weighted by Gasteiger charge is 2.04. The molecule has 0 spiro atoms. The first-order valence-electron chi connectivity index (χ1n) is 3.44. The number of carbonyl (C=O) groups is 1. The number of carboxylic acids is 1. The molecule has 0 aliphatic rings. The molecule has 0 aliphatic heterocycles. The minimum Gasteiger partial charge on any atom is -0.481 e. The van der Waals surface area contributed by atoms with Crippen molar-refractivity contribution in [3.8, 4) is 0 Å². The first kappa shape index (κ1) is 10.8. The molecule has 1 rings (SSSR count). The Morgan fingerprint density at radius 2 is 2.23 bits per heavy atom. The first-order valence-corrected chi connectivity index (χ1v) is 6.47. The van der Waals surface area contributed by atoms with Crippen molar-refractivity contribution in [2.45, 2.75) is 15.1 Å². The van der Waals surface area contributed by atoms with Crippen molar-refractivity contribution < 1.29 is 9.90 Å². The Labute approximate surface area is 88.1 Å². The van der Waals surface area contributed by atoms with E-state index in [-0.39, 0.29) is 6.42 Å². The van der Waals surface area contributed by atoms with Crippen molar-refractivity contribution in [3.63, 3.8) is 0 Å². The van der Waals surface area contributed by atoms with E-state index >= 15 is 0 Å². The van der Waals surface area contributed by atoms with Crippen LogP contribution in [-0.2, 0) is 4.79 Å². The van der Waals surface area contributed by atoms with E-state index < -0.39 is 5.97 Å². The Bertz CT molecular complexity index is 289. The number of aromatic nitrogens is 2. The van der Waals surface area contributed by atoms with Crippen molar-refractivity contribution in [2.75, 3.05) is 12.0 Å². The summed E-state index contributed by atoms with van der Waals surface area (Å²) in [5.41, 5.74) is 0. The lowest BCUT2D eigenvalue weighted by Crippen LogP contribution is -1.95. The molecule has 0 bridgehead atoms. The van der Waals surface area contributed by atoms with Gasteiger partial charge in [0.15, 0.2) is 8.68 Å². The van der Waals surface area contributed by atoms with E-state index in [0.29, 0.717) is 5.75 Å². The summed E-state index contributed by atoms with van der Waals surface area (Å²) in [4.78, 5) is 10.2. The number of carboxylic acid groups (broad SMARTS) is 1. The smallest absolute Gasteiger partial charge is 0.304 e. The molecule has 0 atom stereocenters. The lowest BCUT2D eigenvalue weighted by molar-refractivity contribution is -0.136. The van der Waals surface area contributed by atoms with Crippen LogP contribution < -0.4 is 0 Å². The Balaban J connectivity index is 2.32. The second-order valence-electron chi connectivity index (χ2n) is 2.03. The zero-order chi connectivity index (χ0) is 9.68. The summed E-state index contributed by atoms with van der Waals surface area (Å²) >= 11 is 4.48. The average Bonchev–Trinajstić information content (AvgIpc) is 2.52. The van der Waals surface area contributed by atoms with Gasteiger partial charge in [-0.3, -0.25) is 4.79 Å². The monoisotopic (exact) mass is 236 g/mol. The van der Waals surface area contributed by atoms with Gasteiger partial charge in [-0.15, -0.1) is 10.2 Å². The lowest BCUT2D eigenvalue weighted by atomic mass is 10.5. The van der Waals surface area contributed by atoms with Crippen LogP contribution in [0.25, 0.3) is 0 Å². The minimum atomic E-state index is -0.776. The molecule has 0 amide bonds. The van der Waals surface area contributed by atoms with Crippen molar-refractivity contribution in [3.05, 3.63) is 0 Å². The van der Waals surface area contributed by atoms with Gasteiger partial charge in [0.05, 0.1) is 6.42 Å². The second kappa shape index (κ2) is 5.46. The molecule has 0 saturated carbocycles. The van der Waals surface area contributed by atoms with Gasteiger partial charge in [-0.05, 0) is 6.26 Å². The van der Waals surface area contributed by atoms with E-state index in [1.165, 1.54) is 23.1 Å². The van der Waals surface area contributed by atoms with E-state index in [4.69, 9.17) is 5.11 Å². The molecule has 0 fully saturated rings. The van der Waals surface area contributed by atoms with Crippen LogP contribution in [0.5, 0.6) is 0 Å². The van der Waals surface area contributed by atoms with Crippen LogP contribution in [-0.4, -0.2) is 33.3 Å². The Hall–Kier alpha value is -0.270. The minimum absolute atomic E-state index is 0.166. The number of rotatable bonds is 5. The standard InChI is InChI=1S/C6H8N2O2S3/c1-11-5-7-8-6(13-5)12-3-2-4(9)10/h2-3H2,1H3,(H,9,10). The van der Waals surface area contributed by atoms with Gasteiger partial charge in [0.2, 0.25) is 0 Å².